The molecule has 1 fully saturated rings. The van der Waals surface area contributed by atoms with Crippen LogP contribution in [0.3, 0.4) is 0 Å². The van der Waals surface area contributed by atoms with Crippen LogP contribution in [0.1, 0.15) is 16.1 Å². The van der Waals surface area contributed by atoms with Crippen LogP contribution in [0, 0.1) is 6.92 Å². The molecular formula is C11H18ClN3O4S. The van der Waals surface area contributed by atoms with Gasteiger partial charge in [-0.3, -0.25) is 4.79 Å². The first-order valence-electron chi connectivity index (χ1n) is 5.99. The number of carbonyl (C=O) groups excluding carboxylic acids is 1. The third-order valence-corrected chi connectivity index (χ3v) is 4.33. The second-order valence-electron chi connectivity index (χ2n) is 4.29. The Hall–Kier alpha value is -1.09. The van der Waals surface area contributed by atoms with Crippen molar-refractivity contribution in [2.75, 3.05) is 33.2 Å². The van der Waals surface area contributed by atoms with Crippen LogP contribution in [0.25, 0.3) is 0 Å². The molecule has 2 rings (SSSR count). The molecule has 2 N–H and O–H groups in total. The van der Waals surface area contributed by atoms with Crippen molar-refractivity contribution < 1.29 is 17.6 Å². The number of furan rings is 1. The molecule has 0 saturated carbocycles. The molecule has 1 saturated heterocycles. The lowest BCUT2D eigenvalue weighted by Gasteiger charge is -2.27. The average Bonchev–Trinajstić information content (AvgIpc) is 2.82. The van der Waals surface area contributed by atoms with E-state index in [4.69, 9.17) is 4.42 Å². The number of piperazine rings is 1. The number of nitrogens with zero attached hydrogens (tertiary/aromatic N) is 1. The normalized spacial score (nSPS) is 15.8. The summed E-state index contributed by atoms with van der Waals surface area (Å²) in [5.41, 5.74) is 0.302. The highest BCUT2D eigenvalue weighted by molar-refractivity contribution is 7.89. The predicted octanol–water partition coefficient (Wildman–Crippen LogP) is -0.0367. The standard InChI is InChI=1S/C11H17N3O4S.ClH/c1-8-9(7-10(18-8)19(16,17)12-2)11(15)14-5-3-13-4-6-14;/h7,12-13H,3-6H2,1-2H3;1H. The van der Waals surface area contributed by atoms with Crippen LogP contribution in [0.4, 0.5) is 0 Å². The summed E-state index contributed by atoms with van der Waals surface area (Å²) in [6.45, 7) is 4.29. The molecule has 7 nitrogen and oxygen atoms in total. The summed E-state index contributed by atoms with van der Waals surface area (Å²) in [6.07, 6.45) is 0. The summed E-state index contributed by atoms with van der Waals surface area (Å²) in [7, 11) is -2.37. The van der Waals surface area contributed by atoms with Gasteiger partial charge in [-0.15, -0.1) is 12.4 Å². The smallest absolute Gasteiger partial charge is 0.273 e. The number of hydrogen-bond donors (Lipinski definition) is 2. The molecule has 1 aliphatic rings. The number of sulfonamides is 1. The minimum atomic E-state index is -3.66. The Morgan fingerprint density at radius 3 is 2.55 bits per heavy atom. The van der Waals surface area contributed by atoms with Gasteiger partial charge in [-0.25, -0.2) is 13.1 Å². The number of nitrogens with one attached hydrogen (secondary N) is 2. The van der Waals surface area contributed by atoms with Crippen molar-refractivity contribution in [1.82, 2.24) is 14.9 Å². The monoisotopic (exact) mass is 323 g/mol. The molecule has 1 aromatic heterocycles. The van der Waals surface area contributed by atoms with Crippen molar-refractivity contribution >= 4 is 28.3 Å². The molecule has 9 heteroatoms. The third-order valence-electron chi connectivity index (χ3n) is 3.06. The summed E-state index contributed by atoms with van der Waals surface area (Å²) in [6, 6.07) is 1.28. The lowest BCUT2D eigenvalue weighted by atomic mass is 10.2. The molecule has 1 amide bonds. The van der Waals surface area contributed by atoms with Gasteiger partial charge >= 0.3 is 0 Å². The molecule has 2 heterocycles. The van der Waals surface area contributed by atoms with Crippen molar-refractivity contribution in [3.63, 3.8) is 0 Å². The van der Waals surface area contributed by atoms with Crippen LogP contribution >= 0.6 is 12.4 Å². The maximum Gasteiger partial charge on any atom is 0.273 e. The molecule has 0 unspecified atom stereocenters. The molecule has 1 aromatic rings. The third kappa shape index (κ3) is 3.32. The van der Waals surface area contributed by atoms with Gasteiger partial charge in [-0.05, 0) is 14.0 Å². The fourth-order valence-corrected chi connectivity index (χ4v) is 2.65. The van der Waals surface area contributed by atoms with Gasteiger partial charge in [0.2, 0.25) is 5.09 Å². The van der Waals surface area contributed by atoms with E-state index < -0.39 is 10.0 Å². The molecule has 0 aromatic carbocycles. The summed E-state index contributed by atoms with van der Waals surface area (Å²) in [5, 5.41) is 2.92. The Morgan fingerprint density at radius 2 is 2.00 bits per heavy atom. The topological polar surface area (TPSA) is 91.7 Å². The van der Waals surface area contributed by atoms with Gasteiger partial charge in [0.15, 0.2) is 0 Å². The fourth-order valence-electron chi connectivity index (χ4n) is 1.94. The molecule has 0 aliphatic carbocycles. The Kier molecular flexibility index (Phi) is 5.58. The Balaban J connectivity index is 0.00000200. The minimum absolute atomic E-state index is 0. The lowest BCUT2D eigenvalue weighted by Crippen LogP contribution is -2.46. The number of rotatable bonds is 3. The molecule has 0 radical (unpaired) electrons. The fraction of sp³-hybridized carbons (Fsp3) is 0.545. The van der Waals surface area contributed by atoms with Crippen molar-refractivity contribution in [3.05, 3.63) is 17.4 Å². The zero-order valence-electron chi connectivity index (χ0n) is 11.3. The van der Waals surface area contributed by atoms with Gasteiger partial charge in [0, 0.05) is 32.2 Å². The predicted molar refractivity (Wildman–Crippen MR) is 75.7 cm³/mol. The van der Waals surface area contributed by atoms with Crippen LogP contribution in [-0.4, -0.2) is 52.5 Å². The molecular weight excluding hydrogens is 306 g/mol. The molecule has 114 valence electrons. The van der Waals surface area contributed by atoms with Crippen molar-refractivity contribution in [2.24, 2.45) is 0 Å². The summed E-state index contributed by atoms with van der Waals surface area (Å²) in [4.78, 5) is 14.0. The minimum Gasteiger partial charge on any atom is -0.448 e. The Bertz CT molecular complexity index is 578. The first-order chi connectivity index (χ1) is 8.95. The first kappa shape index (κ1) is 17.0. The average molecular weight is 324 g/mol. The molecule has 1 aliphatic heterocycles. The van der Waals surface area contributed by atoms with Crippen LogP contribution in [0.15, 0.2) is 15.6 Å². The second-order valence-corrected chi connectivity index (χ2v) is 6.10. The summed E-state index contributed by atoms with van der Waals surface area (Å²) in [5.74, 6) is 0.123. The highest BCUT2D eigenvalue weighted by atomic mass is 35.5. The van der Waals surface area contributed by atoms with Crippen molar-refractivity contribution in [1.29, 1.82) is 0 Å². The maximum absolute atomic E-state index is 12.3. The number of halogens is 1. The van der Waals surface area contributed by atoms with Crippen LogP contribution in [-0.2, 0) is 10.0 Å². The van der Waals surface area contributed by atoms with E-state index in [2.05, 4.69) is 10.0 Å². The molecule has 20 heavy (non-hydrogen) atoms. The number of hydrogen-bond acceptors (Lipinski definition) is 5. The number of aryl methyl sites for hydroxylation is 1. The number of amides is 1. The zero-order valence-corrected chi connectivity index (χ0v) is 12.9. The molecule has 0 bridgehead atoms. The summed E-state index contributed by atoms with van der Waals surface area (Å²) >= 11 is 0. The van der Waals surface area contributed by atoms with Crippen LogP contribution in [0.5, 0.6) is 0 Å². The van der Waals surface area contributed by atoms with E-state index >= 15 is 0 Å². The molecule has 0 spiro atoms. The van der Waals surface area contributed by atoms with Crippen LogP contribution < -0.4 is 10.0 Å². The van der Waals surface area contributed by atoms with Gasteiger partial charge in [0.1, 0.15) is 5.76 Å². The van der Waals surface area contributed by atoms with Gasteiger partial charge in [0.25, 0.3) is 15.9 Å². The zero-order chi connectivity index (χ0) is 14.0. The van der Waals surface area contributed by atoms with E-state index in [1.807, 2.05) is 0 Å². The van der Waals surface area contributed by atoms with Crippen molar-refractivity contribution in [2.45, 2.75) is 12.0 Å². The largest absolute Gasteiger partial charge is 0.448 e. The SMILES string of the molecule is CNS(=O)(=O)c1cc(C(=O)N2CCNCC2)c(C)o1.Cl. The Morgan fingerprint density at radius 1 is 1.40 bits per heavy atom. The van der Waals surface area contributed by atoms with E-state index in [0.717, 1.165) is 13.1 Å². The second kappa shape index (κ2) is 6.57. The maximum atomic E-state index is 12.3. The van der Waals surface area contributed by atoms with E-state index in [9.17, 15) is 13.2 Å². The summed E-state index contributed by atoms with van der Waals surface area (Å²) < 4.78 is 30.6. The van der Waals surface area contributed by atoms with Gasteiger partial charge < -0.3 is 14.6 Å². The molecule has 0 atom stereocenters. The lowest BCUT2D eigenvalue weighted by molar-refractivity contribution is 0.0734. The quantitative estimate of drug-likeness (QED) is 0.814. The van der Waals surface area contributed by atoms with E-state index in [1.165, 1.54) is 13.1 Å². The van der Waals surface area contributed by atoms with Gasteiger partial charge in [-0.1, -0.05) is 0 Å². The number of carbonyl (C=O) groups is 1. The van der Waals surface area contributed by atoms with E-state index in [-0.39, 0.29) is 23.4 Å². The first-order valence-corrected chi connectivity index (χ1v) is 7.48. The van der Waals surface area contributed by atoms with Gasteiger partial charge in [-0.2, -0.15) is 0 Å². The van der Waals surface area contributed by atoms with E-state index in [0.29, 0.717) is 24.4 Å². The van der Waals surface area contributed by atoms with Crippen LogP contribution in [0.2, 0.25) is 0 Å². The Labute approximate surface area is 124 Å². The van der Waals surface area contributed by atoms with E-state index in [1.54, 1.807) is 11.8 Å². The van der Waals surface area contributed by atoms with Crippen molar-refractivity contribution in [3.8, 4) is 0 Å². The highest BCUT2D eigenvalue weighted by Crippen LogP contribution is 2.20. The highest BCUT2D eigenvalue weighted by Gasteiger charge is 2.26. The van der Waals surface area contributed by atoms with Gasteiger partial charge in [0.05, 0.1) is 5.56 Å².